The van der Waals surface area contributed by atoms with Crippen LogP contribution < -0.4 is 10.1 Å². The molecule has 0 fully saturated rings. The van der Waals surface area contributed by atoms with Gasteiger partial charge in [0.05, 0.1) is 17.5 Å². The Morgan fingerprint density at radius 3 is 2.91 bits per heavy atom. The SMILES string of the molecule is COc1ccc2c(NCCCC(=O)O)c([N+](=O)[O-])cnc2c1. The van der Waals surface area contributed by atoms with Crippen molar-refractivity contribution in [1.29, 1.82) is 0 Å². The van der Waals surface area contributed by atoms with Gasteiger partial charge in [-0.15, -0.1) is 0 Å². The molecule has 0 unspecified atom stereocenters. The number of nitrogens with zero attached hydrogens (tertiary/aromatic N) is 2. The molecule has 2 N–H and O–H groups in total. The van der Waals surface area contributed by atoms with Crippen molar-refractivity contribution in [3.63, 3.8) is 0 Å². The van der Waals surface area contributed by atoms with E-state index in [9.17, 15) is 14.9 Å². The monoisotopic (exact) mass is 305 g/mol. The van der Waals surface area contributed by atoms with E-state index in [1.54, 1.807) is 18.2 Å². The molecule has 0 saturated carbocycles. The van der Waals surface area contributed by atoms with Crippen molar-refractivity contribution in [2.75, 3.05) is 19.0 Å². The summed E-state index contributed by atoms with van der Waals surface area (Å²) in [6, 6.07) is 5.06. The molecule has 1 heterocycles. The first-order valence-corrected chi connectivity index (χ1v) is 6.59. The predicted molar refractivity (Wildman–Crippen MR) is 80.3 cm³/mol. The highest BCUT2D eigenvalue weighted by atomic mass is 16.6. The van der Waals surface area contributed by atoms with Gasteiger partial charge in [-0.1, -0.05) is 0 Å². The molecule has 0 aliphatic heterocycles. The number of nitrogens with one attached hydrogen (secondary N) is 1. The lowest BCUT2D eigenvalue weighted by Gasteiger charge is -2.10. The van der Waals surface area contributed by atoms with Crippen LogP contribution in [-0.2, 0) is 4.79 Å². The number of carboxylic acids is 1. The maximum atomic E-state index is 11.1. The normalized spacial score (nSPS) is 10.4. The smallest absolute Gasteiger partial charge is 0.311 e. The molecule has 0 radical (unpaired) electrons. The molecule has 0 bridgehead atoms. The first-order chi connectivity index (χ1) is 10.5. The predicted octanol–water partition coefficient (Wildman–Crippen LogP) is 2.43. The third-order valence-corrected chi connectivity index (χ3v) is 3.12. The van der Waals surface area contributed by atoms with Crippen LogP contribution in [0.3, 0.4) is 0 Å². The fourth-order valence-electron chi connectivity index (χ4n) is 2.07. The summed E-state index contributed by atoms with van der Waals surface area (Å²) in [6.07, 6.45) is 1.55. The van der Waals surface area contributed by atoms with Crippen molar-refractivity contribution in [3.8, 4) is 5.75 Å². The number of hydrogen-bond donors (Lipinski definition) is 2. The first-order valence-electron chi connectivity index (χ1n) is 6.59. The maximum absolute atomic E-state index is 11.1. The van der Waals surface area contributed by atoms with Gasteiger partial charge in [-0.25, -0.2) is 4.98 Å². The summed E-state index contributed by atoms with van der Waals surface area (Å²) in [5.74, 6) is -0.300. The first kappa shape index (κ1) is 15.5. The number of benzene rings is 1. The van der Waals surface area contributed by atoms with E-state index in [1.807, 2.05) is 0 Å². The molecule has 1 aromatic carbocycles. The van der Waals surface area contributed by atoms with Crippen molar-refractivity contribution in [2.45, 2.75) is 12.8 Å². The van der Waals surface area contributed by atoms with E-state index in [1.165, 1.54) is 13.3 Å². The summed E-state index contributed by atoms with van der Waals surface area (Å²) in [5.41, 5.74) is 0.752. The second-order valence-electron chi connectivity index (χ2n) is 4.58. The van der Waals surface area contributed by atoms with Crippen molar-refractivity contribution in [3.05, 3.63) is 34.5 Å². The summed E-state index contributed by atoms with van der Waals surface area (Å²) in [5, 5.41) is 23.3. The lowest BCUT2D eigenvalue weighted by atomic mass is 10.1. The Bertz CT molecular complexity index is 717. The zero-order chi connectivity index (χ0) is 16.1. The van der Waals surface area contributed by atoms with Crippen LogP contribution in [0.25, 0.3) is 10.9 Å². The van der Waals surface area contributed by atoms with E-state index in [0.29, 0.717) is 35.3 Å². The van der Waals surface area contributed by atoms with Crippen LogP contribution in [0.2, 0.25) is 0 Å². The molecule has 0 spiro atoms. The second-order valence-corrected chi connectivity index (χ2v) is 4.58. The number of rotatable bonds is 7. The van der Waals surface area contributed by atoms with E-state index in [-0.39, 0.29) is 12.1 Å². The number of pyridine rings is 1. The highest BCUT2D eigenvalue weighted by Crippen LogP contribution is 2.33. The molecule has 116 valence electrons. The molecular weight excluding hydrogens is 290 g/mol. The molecule has 0 aliphatic carbocycles. The number of anilines is 1. The van der Waals surface area contributed by atoms with Crippen molar-refractivity contribution in [2.24, 2.45) is 0 Å². The van der Waals surface area contributed by atoms with Gasteiger partial charge >= 0.3 is 11.7 Å². The molecule has 0 atom stereocenters. The van der Waals surface area contributed by atoms with Crippen LogP contribution in [0.1, 0.15) is 12.8 Å². The van der Waals surface area contributed by atoms with Gasteiger partial charge in [-0.3, -0.25) is 14.9 Å². The van der Waals surface area contributed by atoms with E-state index in [4.69, 9.17) is 9.84 Å². The van der Waals surface area contributed by atoms with Gasteiger partial charge in [-0.2, -0.15) is 0 Å². The number of methoxy groups -OCH3 is 1. The zero-order valence-electron chi connectivity index (χ0n) is 11.9. The molecule has 0 amide bonds. The molecule has 1 aromatic heterocycles. The second kappa shape index (κ2) is 6.70. The highest BCUT2D eigenvalue weighted by molar-refractivity contribution is 5.96. The Balaban J connectivity index is 2.36. The molecule has 8 heteroatoms. The lowest BCUT2D eigenvalue weighted by Crippen LogP contribution is -2.07. The standard InChI is InChI=1S/C14H15N3O5/c1-22-9-4-5-10-11(7-9)16-8-12(17(20)21)14(10)15-6-2-3-13(18)19/h4-5,7-8H,2-3,6H2,1H3,(H,15,16)(H,18,19). The Kier molecular flexibility index (Phi) is 4.72. The highest BCUT2D eigenvalue weighted by Gasteiger charge is 2.18. The van der Waals surface area contributed by atoms with Gasteiger partial charge in [-0.05, 0) is 18.6 Å². The third kappa shape index (κ3) is 3.40. The van der Waals surface area contributed by atoms with Gasteiger partial charge in [0.2, 0.25) is 0 Å². The Labute approximate surface area is 125 Å². The van der Waals surface area contributed by atoms with Crippen molar-refractivity contribution in [1.82, 2.24) is 4.98 Å². The number of ether oxygens (including phenoxy) is 1. The average Bonchev–Trinajstić information content (AvgIpc) is 2.50. The van der Waals surface area contributed by atoms with Gasteiger partial charge in [0.25, 0.3) is 0 Å². The van der Waals surface area contributed by atoms with E-state index < -0.39 is 10.9 Å². The molecule has 2 aromatic rings. The number of fused-ring (bicyclic) bond motifs is 1. The van der Waals surface area contributed by atoms with Gasteiger partial charge < -0.3 is 15.2 Å². The fourth-order valence-corrected chi connectivity index (χ4v) is 2.07. The Hall–Kier alpha value is -2.90. The average molecular weight is 305 g/mol. The molecular formula is C14H15N3O5. The van der Waals surface area contributed by atoms with Crippen LogP contribution in [0.15, 0.2) is 24.4 Å². The number of carbonyl (C=O) groups is 1. The van der Waals surface area contributed by atoms with E-state index >= 15 is 0 Å². The van der Waals surface area contributed by atoms with Crippen LogP contribution >= 0.6 is 0 Å². The minimum atomic E-state index is -0.902. The number of hydrogen-bond acceptors (Lipinski definition) is 6. The Morgan fingerprint density at radius 1 is 1.50 bits per heavy atom. The van der Waals surface area contributed by atoms with Crippen LogP contribution in [0, 0.1) is 10.1 Å². The Morgan fingerprint density at radius 2 is 2.27 bits per heavy atom. The third-order valence-electron chi connectivity index (χ3n) is 3.12. The fraction of sp³-hybridized carbons (Fsp3) is 0.286. The molecule has 0 aliphatic rings. The topological polar surface area (TPSA) is 115 Å². The number of aliphatic carboxylic acids is 1. The molecule has 22 heavy (non-hydrogen) atoms. The van der Waals surface area contributed by atoms with Gasteiger partial charge in [0.15, 0.2) is 0 Å². The zero-order valence-corrected chi connectivity index (χ0v) is 11.9. The van der Waals surface area contributed by atoms with Crippen LogP contribution in [0.4, 0.5) is 11.4 Å². The molecule has 2 rings (SSSR count). The summed E-state index contributed by atoms with van der Waals surface area (Å²) < 4.78 is 5.11. The lowest BCUT2D eigenvalue weighted by molar-refractivity contribution is -0.384. The van der Waals surface area contributed by atoms with E-state index in [0.717, 1.165) is 0 Å². The minimum absolute atomic E-state index is 0.00234. The minimum Gasteiger partial charge on any atom is -0.497 e. The van der Waals surface area contributed by atoms with Crippen molar-refractivity contribution >= 4 is 28.2 Å². The molecule has 0 saturated heterocycles. The van der Waals surface area contributed by atoms with E-state index in [2.05, 4.69) is 10.3 Å². The number of nitro groups is 1. The summed E-state index contributed by atoms with van der Waals surface area (Å²) in [6.45, 7) is 0.318. The summed E-state index contributed by atoms with van der Waals surface area (Å²) in [4.78, 5) is 25.2. The van der Waals surface area contributed by atoms with Gasteiger partial charge in [0, 0.05) is 24.4 Å². The number of carboxylic acid groups (broad SMARTS) is 1. The molecule has 8 nitrogen and oxygen atoms in total. The van der Waals surface area contributed by atoms with Crippen molar-refractivity contribution < 1.29 is 19.6 Å². The quantitative estimate of drug-likeness (QED) is 0.458. The largest absolute Gasteiger partial charge is 0.497 e. The summed E-state index contributed by atoms with van der Waals surface area (Å²) in [7, 11) is 1.53. The number of aromatic nitrogens is 1. The maximum Gasteiger partial charge on any atom is 0.311 e. The van der Waals surface area contributed by atoms with Crippen LogP contribution in [-0.4, -0.2) is 34.6 Å². The summed E-state index contributed by atoms with van der Waals surface area (Å²) >= 11 is 0. The van der Waals surface area contributed by atoms with Crippen LogP contribution in [0.5, 0.6) is 5.75 Å². The van der Waals surface area contributed by atoms with Gasteiger partial charge in [0.1, 0.15) is 17.6 Å².